The SMILES string of the molecule is C=CC[Si](OCC(C)C)(OCC(C)C)OCC(C)C. The van der Waals surface area contributed by atoms with Crippen molar-refractivity contribution < 1.29 is 13.3 Å². The van der Waals surface area contributed by atoms with E-state index in [4.69, 9.17) is 13.3 Å². The molecule has 114 valence electrons. The minimum atomic E-state index is -2.60. The number of hydrogen-bond acceptors (Lipinski definition) is 3. The fourth-order valence-corrected chi connectivity index (χ4v) is 4.08. The summed E-state index contributed by atoms with van der Waals surface area (Å²) >= 11 is 0. The van der Waals surface area contributed by atoms with Gasteiger partial charge in [0.05, 0.1) is 0 Å². The second kappa shape index (κ2) is 9.70. The molecule has 0 fully saturated rings. The monoisotopic (exact) mass is 288 g/mol. The van der Waals surface area contributed by atoms with Crippen molar-refractivity contribution in [2.24, 2.45) is 17.8 Å². The first-order chi connectivity index (χ1) is 8.81. The maximum Gasteiger partial charge on any atom is 0.504 e. The van der Waals surface area contributed by atoms with Crippen molar-refractivity contribution in [3.63, 3.8) is 0 Å². The van der Waals surface area contributed by atoms with Crippen molar-refractivity contribution >= 4 is 8.80 Å². The first kappa shape index (κ1) is 18.8. The van der Waals surface area contributed by atoms with Crippen LogP contribution in [-0.2, 0) is 13.3 Å². The quantitative estimate of drug-likeness (QED) is 0.422. The zero-order valence-corrected chi connectivity index (χ0v) is 14.6. The maximum absolute atomic E-state index is 6.06. The van der Waals surface area contributed by atoms with Crippen molar-refractivity contribution in [2.75, 3.05) is 19.8 Å². The van der Waals surface area contributed by atoms with Gasteiger partial charge in [0.2, 0.25) is 0 Å². The molecule has 0 atom stereocenters. The molecule has 0 aromatic carbocycles. The van der Waals surface area contributed by atoms with Crippen LogP contribution in [0.4, 0.5) is 0 Å². The molecule has 19 heavy (non-hydrogen) atoms. The lowest BCUT2D eigenvalue weighted by atomic mass is 10.2. The second-order valence-electron chi connectivity index (χ2n) is 6.29. The zero-order chi connectivity index (χ0) is 14.9. The summed E-state index contributed by atoms with van der Waals surface area (Å²) in [5.74, 6) is 1.42. The van der Waals surface area contributed by atoms with E-state index in [0.29, 0.717) is 43.6 Å². The molecule has 0 spiro atoms. The maximum atomic E-state index is 6.06. The van der Waals surface area contributed by atoms with Crippen LogP contribution in [0.2, 0.25) is 6.04 Å². The van der Waals surface area contributed by atoms with Crippen LogP contribution in [0, 0.1) is 17.8 Å². The summed E-state index contributed by atoms with van der Waals surface area (Å²) in [5.41, 5.74) is 0. The molecule has 0 heterocycles. The third-order valence-corrected chi connectivity index (χ3v) is 4.91. The highest BCUT2D eigenvalue weighted by molar-refractivity contribution is 6.61. The minimum Gasteiger partial charge on any atom is -0.373 e. The highest BCUT2D eigenvalue weighted by Gasteiger charge is 2.40. The lowest BCUT2D eigenvalue weighted by molar-refractivity contribution is 0.0392. The molecule has 0 amide bonds. The molecular weight excluding hydrogens is 256 g/mol. The van der Waals surface area contributed by atoms with Gasteiger partial charge in [0.25, 0.3) is 0 Å². The van der Waals surface area contributed by atoms with Crippen molar-refractivity contribution in [1.82, 2.24) is 0 Å². The van der Waals surface area contributed by atoms with Crippen LogP contribution < -0.4 is 0 Å². The van der Waals surface area contributed by atoms with E-state index in [9.17, 15) is 0 Å². The Labute approximate surface area is 120 Å². The van der Waals surface area contributed by atoms with E-state index < -0.39 is 8.80 Å². The molecule has 0 saturated heterocycles. The Kier molecular flexibility index (Phi) is 9.61. The van der Waals surface area contributed by atoms with E-state index in [1.54, 1.807) is 0 Å². The van der Waals surface area contributed by atoms with Crippen molar-refractivity contribution in [3.05, 3.63) is 12.7 Å². The van der Waals surface area contributed by atoms with Crippen molar-refractivity contribution in [3.8, 4) is 0 Å². The van der Waals surface area contributed by atoms with Gasteiger partial charge in [-0.15, -0.1) is 6.58 Å². The van der Waals surface area contributed by atoms with Gasteiger partial charge in [-0.05, 0) is 17.8 Å². The van der Waals surface area contributed by atoms with Crippen LogP contribution in [0.3, 0.4) is 0 Å². The molecule has 0 aromatic rings. The molecule has 0 N–H and O–H groups in total. The fraction of sp³-hybridized carbons (Fsp3) is 0.867. The van der Waals surface area contributed by atoms with E-state index in [1.165, 1.54) is 0 Å². The molecule has 3 nitrogen and oxygen atoms in total. The van der Waals surface area contributed by atoms with E-state index in [0.717, 1.165) is 0 Å². The van der Waals surface area contributed by atoms with Crippen LogP contribution in [0.15, 0.2) is 12.7 Å². The van der Waals surface area contributed by atoms with Crippen molar-refractivity contribution in [1.29, 1.82) is 0 Å². The lowest BCUT2D eigenvalue weighted by Crippen LogP contribution is -2.47. The van der Waals surface area contributed by atoms with Gasteiger partial charge >= 0.3 is 8.80 Å². The Balaban J connectivity index is 4.70. The predicted octanol–water partition coefficient (Wildman–Crippen LogP) is 4.13. The molecule has 0 aliphatic heterocycles. The molecule has 0 aliphatic rings. The first-order valence-corrected chi connectivity index (χ1v) is 9.27. The Morgan fingerprint density at radius 3 is 1.32 bits per heavy atom. The smallest absolute Gasteiger partial charge is 0.373 e. The van der Waals surface area contributed by atoms with Gasteiger partial charge in [0.15, 0.2) is 0 Å². The van der Waals surface area contributed by atoms with Gasteiger partial charge in [-0.3, -0.25) is 0 Å². The number of allylic oxidation sites excluding steroid dienone is 1. The molecule has 0 unspecified atom stereocenters. The molecule has 0 radical (unpaired) electrons. The van der Waals surface area contributed by atoms with E-state index in [1.807, 2.05) is 6.08 Å². The Morgan fingerprint density at radius 2 is 1.11 bits per heavy atom. The molecule has 0 aromatic heterocycles. The Morgan fingerprint density at radius 1 is 0.789 bits per heavy atom. The van der Waals surface area contributed by atoms with E-state index >= 15 is 0 Å². The van der Waals surface area contributed by atoms with Crippen LogP contribution in [-0.4, -0.2) is 28.6 Å². The van der Waals surface area contributed by atoms with Crippen LogP contribution in [0.5, 0.6) is 0 Å². The standard InChI is InChI=1S/C15H32O3Si/c1-8-9-19(16-10-13(2)3,17-11-14(4)5)18-12-15(6)7/h8,13-15H,1,9-12H2,2-7H3. The van der Waals surface area contributed by atoms with Gasteiger partial charge in [0, 0.05) is 25.9 Å². The fourth-order valence-electron chi connectivity index (χ4n) is 1.36. The third-order valence-electron chi connectivity index (χ3n) is 2.30. The summed E-state index contributed by atoms with van der Waals surface area (Å²) < 4.78 is 18.2. The normalized spacial score (nSPS) is 12.7. The summed E-state index contributed by atoms with van der Waals surface area (Å²) in [5, 5.41) is 0. The van der Waals surface area contributed by atoms with Gasteiger partial charge in [-0.1, -0.05) is 47.6 Å². The van der Waals surface area contributed by atoms with Gasteiger partial charge < -0.3 is 13.3 Å². The van der Waals surface area contributed by atoms with Gasteiger partial charge in [0.1, 0.15) is 0 Å². The third kappa shape index (κ3) is 9.38. The topological polar surface area (TPSA) is 27.7 Å². The summed E-state index contributed by atoms with van der Waals surface area (Å²) in [6.07, 6.45) is 1.85. The van der Waals surface area contributed by atoms with Crippen LogP contribution in [0.25, 0.3) is 0 Å². The zero-order valence-electron chi connectivity index (χ0n) is 13.6. The molecule has 0 bridgehead atoms. The summed E-state index contributed by atoms with van der Waals surface area (Å²) in [7, 11) is -2.60. The van der Waals surface area contributed by atoms with E-state index in [-0.39, 0.29) is 0 Å². The predicted molar refractivity (Wildman–Crippen MR) is 83.1 cm³/mol. The summed E-state index contributed by atoms with van der Waals surface area (Å²) in [4.78, 5) is 0. The minimum absolute atomic E-state index is 0.474. The average molecular weight is 289 g/mol. The van der Waals surface area contributed by atoms with Gasteiger partial charge in [-0.25, -0.2) is 0 Å². The molecule has 0 rings (SSSR count). The second-order valence-corrected chi connectivity index (χ2v) is 8.93. The summed E-state index contributed by atoms with van der Waals surface area (Å²) in [6, 6.07) is 0.680. The Bertz CT molecular complexity index is 208. The average Bonchev–Trinajstić information content (AvgIpc) is 2.31. The number of rotatable bonds is 11. The lowest BCUT2D eigenvalue weighted by Gasteiger charge is -2.31. The molecular formula is C15H32O3Si. The van der Waals surface area contributed by atoms with Crippen LogP contribution in [0.1, 0.15) is 41.5 Å². The van der Waals surface area contributed by atoms with Gasteiger partial charge in [-0.2, -0.15) is 0 Å². The highest BCUT2D eigenvalue weighted by atomic mass is 28.4. The molecule has 4 heteroatoms. The first-order valence-electron chi connectivity index (χ1n) is 7.34. The van der Waals surface area contributed by atoms with Crippen molar-refractivity contribution in [2.45, 2.75) is 47.6 Å². The highest BCUT2D eigenvalue weighted by Crippen LogP contribution is 2.20. The van der Waals surface area contributed by atoms with E-state index in [2.05, 4.69) is 48.1 Å². The molecule has 0 aliphatic carbocycles. The summed E-state index contributed by atoms with van der Waals surface area (Å²) in [6.45, 7) is 18.7. The number of hydrogen-bond donors (Lipinski definition) is 0. The molecule has 0 saturated carbocycles. The van der Waals surface area contributed by atoms with Crippen LogP contribution >= 0.6 is 0 Å². The Hall–Kier alpha value is -0.163. The largest absolute Gasteiger partial charge is 0.504 e.